The molecule has 0 saturated heterocycles. The first-order valence-corrected chi connectivity index (χ1v) is 9.60. The van der Waals surface area contributed by atoms with E-state index < -0.39 is 0 Å². The Bertz CT molecular complexity index is 1160. The summed E-state index contributed by atoms with van der Waals surface area (Å²) in [5.41, 5.74) is 1.14. The predicted octanol–water partition coefficient (Wildman–Crippen LogP) is 3.22. The van der Waals surface area contributed by atoms with Crippen molar-refractivity contribution < 1.29 is 4.52 Å². The average Bonchev–Trinajstić information content (AvgIpc) is 3.24. The van der Waals surface area contributed by atoms with Crippen LogP contribution in [0.15, 0.2) is 51.0 Å². The van der Waals surface area contributed by atoms with Crippen LogP contribution in [0.1, 0.15) is 42.6 Å². The van der Waals surface area contributed by atoms with Crippen molar-refractivity contribution in [3.8, 4) is 5.69 Å². The van der Waals surface area contributed by atoms with Gasteiger partial charge in [0.05, 0.1) is 17.1 Å². The standard InChI is InChI=1S/C18H16N6O2S/c1-10(17-20-14(23-26-17)11-7-8-11)27-18-21-15-13(16(25)22-18)9-19-24(15)12-5-3-2-4-6-12/h2-6,9-11H,7-8H2,1H3,(H,21,22,25). The Hall–Kier alpha value is -2.94. The fraction of sp³-hybridized carbons (Fsp3) is 0.278. The zero-order valence-electron chi connectivity index (χ0n) is 14.5. The fourth-order valence-corrected chi connectivity index (χ4v) is 3.67. The van der Waals surface area contributed by atoms with Gasteiger partial charge in [-0.2, -0.15) is 10.1 Å². The molecule has 0 amide bonds. The van der Waals surface area contributed by atoms with Crippen LogP contribution in [-0.2, 0) is 0 Å². The highest BCUT2D eigenvalue weighted by atomic mass is 32.2. The Morgan fingerprint density at radius 3 is 2.85 bits per heavy atom. The molecule has 4 aromatic rings. The van der Waals surface area contributed by atoms with E-state index in [-0.39, 0.29) is 10.8 Å². The largest absolute Gasteiger partial charge is 0.338 e. The zero-order chi connectivity index (χ0) is 18.4. The second kappa shape index (κ2) is 6.34. The van der Waals surface area contributed by atoms with Crippen LogP contribution in [0.2, 0.25) is 0 Å². The van der Waals surface area contributed by atoms with Gasteiger partial charge in [0.15, 0.2) is 16.6 Å². The van der Waals surface area contributed by atoms with Crippen molar-refractivity contribution in [3.63, 3.8) is 0 Å². The SMILES string of the molecule is CC(Sc1nc2c(cnn2-c2ccccc2)c(=O)[nH]1)c1nc(C2CC2)no1. The van der Waals surface area contributed by atoms with Crippen LogP contribution in [-0.4, -0.2) is 29.9 Å². The number of benzene rings is 1. The van der Waals surface area contributed by atoms with E-state index in [9.17, 15) is 4.79 Å². The molecule has 3 heterocycles. The fourth-order valence-electron chi connectivity index (χ4n) is 2.85. The van der Waals surface area contributed by atoms with Crippen LogP contribution in [0.4, 0.5) is 0 Å². The Morgan fingerprint density at radius 1 is 1.26 bits per heavy atom. The number of fused-ring (bicyclic) bond motifs is 1. The van der Waals surface area contributed by atoms with Crippen molar-refractivity contribution in [2.24, 2.45) is 0 Å². The lowest BCUT2D eigenvalue weighted by atomic mass is 10.3. The summed E-state index contributed by atoms with van der Waals surface area (Å²) in [6.07, 6.45) is 3.77. The molecule has 1 unspecified atom stereocenters. The second-order valence-corrected chi connectivity index (χ2v) is 7.85. The summed E-state index contributed by atoms with van der Waals surface area (Å²) in [4.78, 5) is 24.3. The molecule has 1 aliphatic carbocycles. The van der Waals surface area contributed by atoms with Crippen LogP contribution in [0.5, 0.6) is 0 Å². The lowest BCUT2D eigenvalue weighted by Gasteiger charge is -2.07. The Morgan fingerprint density at radius 2 is 2.07 bits per heavy atom. The highest BCUT2D eigenvalue weighted by molar-refractivity contribution is 7.99. The van der Waals surface area contributed by atoms with E-state index in [0.717, 1.165) is 24.4 Å². The van der Waals surface area contributed by atoms with Gasteiger partial charge in [-0.15, -0.1) is 0 Å². The number of nitrogens with one attached hydrogen (secondary N) is 1. The molecule has 0 spiro atoms. The van der Waals surface area contributed by atoms with E-state index in [1.54, 1.807) is 4.68 Å². The maximum atomic E-state index is 12.5. The lowest BCUT2D eigenvalue weighted by molar-refractivity contribution is 0.375. The van der Waals surface area contributed by atoms with E-state index in [1.165, 1.54) is 18.0 Å². The monoisotopic (exact) mass is 380 g/mol. The topological polar surface area (TPSA) is 102 Å². The zero-order valence-corrected chi connectivity index (χ0v) is 15.3. The van der Waals surface area contributed by atoms with E-state index in [0.29, 0.717) is 28.0 Å². The van der Waals surface area contributed by atoms with Crippen LogP contribution < -0.4 is 5.56 Å². The number of H-pyrrole nitrogens is 1. The quantitative estimate of drug-likeness (QED) is 0.419. The van der Waals surface area contributed by atoms with Gasteiger partial charge >= 0.3 is 0 Å². The van der Waals surface area contributed by atoms with Crippen molar-refractivity contribution in [1.82, 2.24) is 29.9 Å². The number of hydrogen-bond donors (Lipinski definition) is 1. The number of hydrogen-bond acceptors (Lipinski definition) is 7. The lowest BCUT2D eigenvalue weighted by Crippen LogP contribution is -2.10. The molecule has 5 rings (SSSR count). The molecule has 0 radical (unpaired) electrons. The minimum atomic E-state index is -0.221. The molecule has 3 aromatic heterocycles. The maximum Gasteiger partial charge on any atom is 0.262 e. The smallest absolute Gasteiger partial charge is 0.262 e. The molecule has 0 bridgehead atoms. The van der Waals surface area contributed by atoms with Crippen LogP contribution in [0.3, 0.4) is 0 Å². The number of aromatic amines is 1. The summed E-state index contributed by atoms with van der Waals surface area (Å²) in [7, 11) is 0. The first kappa shape index (κ1) is 16.2. The molecule has 1 saturated carbocycles. The van der Waals surface area contributed by atoms with Gasteiger partial charge < -0.3 is 9.51 Å². The average molecular weight is 380 g/mol. The van der Waals surface area contributed by atoms with Crippen molar-refractivity contribution in [2.45, 2.75) is 36.1 Å². The summed E-state index contributed by atoms with van der Waals surface area (Å²) in [5, 5.41) is 9.18. The van der Waals surface area contributed by atoms with Gasteiger partial charge in [0.2, 0.25) is 5.89 Å². The molecule has 27 heavy (non-hydrogen) atoms. The van der Waals surface area contributed by atoms with Gasteiger partial charge in [-0.1, -0.05) is 35.1 Å². The summed E-state index contributed by atoms with van der Waals surface area (Å²) < 4.78 is 7.04. The van der Waals surface area contributed by atoms with Crippen LogP contribution >= 0.6 is 11.8 Å². The van der Waals surface area contributed by atoms with Gasteiger partial charge in [0.1, 0.15) is 5.39 Å². The van der Waals surface area contributed by atoms with Crippen LogP contribution in [0, 0.1) is 0 Å². The molecular weight excluding hydrogens is 364 g/mol. The molecule has 1 fully saturated rings. The Balaban J connectivity index is 1.48. The number of thioether (sulfide) groups is 1. The number of rotatable bonds is 5. The van der Waals surface area contributed by atoms with E-state index in [2.05, 4.69) is 25.2 Å². The van der Waals surface area contributed by atoms with Gasteiger partial charge in [-0.25, -0.2) is 9.67 Å². The third kappa shape index (κ3) is 3.03. The van der Waals surface area contributed by atoms with E-state index in [4.69, 9.17) is 4.52 Å². The number of aromatic nitrogens is 6. The second-order valence-electron chi connectivity index (χ2n) is 6.53. The summed E-state index contributed by atoms with van der Waals surface area (Å²) in [5.74, 6) is 1.76. The summed E-state index contributed by atoms with van der Waals surface area (Å²) in [6.45, 7) is 1.95. The minimum absolute atomic E-state index is 0.126. The van der Waals surface area contributed by atoms with Gasteiger partial charge in [-0.3, -0.25) is 4.79 Å². The molecule has 1 N–H and O–H groups in total. The molecule has 1 aliphatic rings. The summed E-state index contributed by atoms with van der Waals surface area (Å²) >= 11 is 1.37. The molecule has 136 valence electrons. The Labute approximate surface area is 158 Å². The molecule has 1 aromatic carbocycles. The third-order valence-corrected chi connectivity index (χ3v) is 5.43. The van der Waals surface area contributed by atoms with Gasteiger partial charge in [0.25, 0.3) is 5.56 Å². The van der Waals surface area contributed by atoms with Crippen molar-refractivity contribution >= 4 is 22.8 Å². The van der Waals surface area contributed by atoms with Crippen molar-refractivity contribution in [1.29, 1.82) is 0 Å². The molecular formula is C18H16N6O2S. The minimum Gasteiger partial charge on any atom is -0.338 e. The normalized spacial score (nSPS) is 15.3. The number of para-hydroxylation sites is 1. The van der Waals surface area contributed by atoms with Crippen molar-refractivity contribution in [3.05, 3.63) is 58.6 Å². The highest BCUT2D eigenvalue weighted by Crippen LogP contribution is 2.39. The van der Waals surface area contributed by atoms with E-state index >= 15 is 0 Å². The molecule has 0 aliphatic heterocycles. The summed E-state index contributed by atoms with van der Waals surface area (Å²) in [6, 6.07) is 9.60. The number of nitrogens with zero attached hydrogens (tertiary/aromatic N) is 5. The Kier molecular flexibility index (Phi) is 3.82. The maximum absolute atomic E-state index is 12.5. The van der Waals surface area contributed by atoms with Gasteiger partial charge in [0, 0.05) is 5.92 Å². The van der Waals surface area contributed by atoms with E-state index in [1.807, 2.05) is 37.3 Å². The molecule has 9 heteroatoms. The first-order chi connectivity index (χ1) is 13.2. The predicted molar refractivity (Wildman–Crippen MR) is 100 cm³/mol. The molecule has 1 atom stereocenters. The third-order valence-electron chi connectivity index (χ3n) is 4.45. The van der Waals surface area contributed by atoms with Gasteiger partial charge in [-0.05, 0) is 31.9 Å². The highest BCUT2D eigenvalue weighted by Gasteiger charge is 2.30. The first-order valence-electron chi connectivity index (χ1n) is 8.72. The van der Waals surface area contributed by atoms with Crippen molar-refractivity contribution in [2.75, 3.05) is 0 Å². The molecule has 8 nitrogen and oxygen atoms in total. The van der Waals surface area contributed by atoms with Crippen LogP contribution in [0.25, 0.3) is 16.7 Å².